The zero-order valence-electron chi connectivity index (χ0n) is 31.0. The molecule has 4 atom stereocenters. The normalized spacial score (nSPS) is 20.4. The van der Waals surface area contributed by atoms with Crippen molar-refractivity contribution >= 4 is 48.0 Å². The first-order valence-corrected chi connectivity index (χ1v) is 25.8. The van der Waals surface area contributed by atoms with E-state index in [1.54, 1.807) is 6.33 Å². The highest BCUT2D eigenvalue weighted by Crippen LogP contribution is 2.42. The number of amides is 1. The highest BCUT2D eigenvalue weighted by Gasteiger charge is 2.53. The second-order valence-corrected chi connectivity index (χ2v) is 27.0. The number of nitrogens with two attached hydrogens (primary N) is 1. The first-order valence-electron chi connectivity index (χ1n) is 18.2. The number of carbonyl (C=O) groups is 1. The molecule has 0 saturated carbocycles. The smallest absolute Gasteiger partial charge is 0.247 e. The van der Waals surface area contributed by atoms with Crippen LogP contribution in [-0.4, -0.2) is 88.4 Å². The Morgan fingerprint density at radius 3 is 1.96 bits per heavy atom. The van der Waals surface area contributed by atoms with E-state index in [1.165, 1.54) is 6.08 Å². The van der Waals surface area contributed by atoms with Crippen molar-refractivity contribution in [3.8, 4) is 5.88 Å². The van der Waals surface area contributed by atoms with Crippen LogP contribution < -0.4 is 15.8 Å². The summed E-state index contributed by atoms with van der Waals surface area (Å²) >= 11 is 0. The van der Waals surface area contributed by atoms with Crippen molar-refractivity contribution in [2.45, 2.75) is 141 Å². The molecule has 2 aromatic rings. The number of rotatable bonds is 22. The Morgan fingerprint density at radius 2 is 1.44 bits per heavy atom. The van der Waals surface area contributed by atoms with Gasteiger partial charge in [-0.15, -0.1) is 0 Å². The van der Waals surface area contributed by atoms with Crippen LogP contribution in [0.2, 0.25) is 54.4 Å². The number of imidazole rings is 1. The van der Waals surface area contributed by atoms with Gasteiger partial charge in [-0.1, -0.05) is 68.9 Å². The molecule has 0 unspecified atom stereocenters. The number of aromatic nitrogens is 4. The standard InChI is InChI=1S/C33H62N6O6Si3/c1-11-26(40)35-21-22-41-31-27-30(37-33(34)38-31)39(24-36-27)32-29(45-48(18-8,19-9)20-10)28(44-47(15-5,16-6)17-7)25(43-32)23-42-46(12-2,13-3)14-4/h11,24-25,28-29,32H,1,12-23H2,2-10H3,(H,35,40)(H2,34,37,38)/t25-,28-,29-,32-/m1/s1. The van der Waals surface area contributed by atoms with Gasteiger partial charge in [0.1, 0.15) is 24.9 Å². The summed E-state index contributed by atoms with van der Waals surface area (Å²) in [6.07, 6.45) is 1.33. The fourth-order valence-electron chi connectivity index (χ4n) is 6.81. The predicted octanol–water partition coefficient (Wildman–Crippen LogP) is 6.79. The summed E-state index contributed by atoms with van der Waals surface area (Å²) in [5.74, 6) is 0.0143. The summed E-state index contributed by atoms with van der Waals surface area (Å²) in [7, 11) is -6.18. The molecule has 0 spiro atoms. The van der Waals surface area contributed by atoms with E-state index >= 15 is 0 Å². The second kappa shape index (κ2) is 18.2. The molecule has 1 amide bonds. The molecule has 1 saturated heterocycles. The van der Waals surface area contributed by atoms with E-state index in [4.69, 9.17) is 33.5 Å². The minimum Gasteiger partial charge on any atom is -0.474 e. The third-order valence-electron chi connectivity index (χ3n) is 10.9. The molecular formula is C33H62N6O6Si3. The van der Waals surface area contributed by atoms with Gasteiger partial charge in [-0.3, -0.25) is 9.36 Å². The summed E-state index contributed by atoms with van der Waals surface area (Å²) in [5, 5.41) is 2.70. The van der Waals surface area contributed by atoms with E-state index in [2.05, 4.69) is 84.2 Å². The first-order chi connectivity index (χ1) is 23.0. The summed E-state index contributed by atoms with van der Waals surface area (Å²) in [4.78, 5) is 25.3. The average Bonchev–Trinajstić information content (AvgIpc) is 3.68. The minimum absolute atomic E-state index is 0.0518. The van der Waals surface area contributed by atoms with Gasteiger partial charge in [-0.2, -0.15) is 9.97 Å². The summed E-state index contributed by atoms with van der Waals surface area (Å²) < 4.78 is 36.6. The van der Waals surface area contributed by atoms with E-state index in [9.17, 15) is 4.79 Å². The van der Waals surface area contributed by atoms with Gasteiger partial charge in [0, 0.05) is 0 Å². The van der Waals surface area contributed by atoms with Crippen LogP contribution in [0.4, 0.5) is 5.95 Å². The number of fused-ring (bicyclic) bond motifs is 1. The topological polar surface area (TPSA) is 145 Å². The molecule has 1 aliphatic heterocycles. The Bertz CT molecular complexity index is 1300. The van der Waals surface area contributed by atoms with Gasteiger partial charge < -0.3 is 33.8 Å². The maximum Gasteiger partial charge on any atom is 0.247 e. The fourth-order valence-corrected chi connectivity index (χ4v) is 15.1. The molecule has 0 radical (unpaired) electrons. The highest BCUT2D eigenvalue weighted by molar-refractivity contribution is 6.74. The van der Waals surface area contributed by atoms with E-state index in [1.807, 2.05) is 4.57 Å². The summed E-state index contributed by atoms with van der Waals surface area (Å²) in [5.41, 5.74) is 7.18. The number of hydrogen-bond donors (Lipinski definition) is 2. The Hall–Kier alpha value is -2.15. The van der Waals surface area contributed by atoms with Crippen molar-refractivity contribution < 1.29 is 27.5 Å². The van der Waals surface area contributed by atoms with Crippen LogP contribution in [0.3, 0.4) is 0 Å². The second-order valence-electron chi connectivity index (χ2n) is 12.8. The average molecular weight is 723 g/mol. The Labute approximate surface area is 291 Å². The molecule has 15 heteroatoms. The number of hydrogen-bond acceptors (Lipinski definition) is 10. The number of carbonyl (C=O) groups excluding carboxylic acids is 1. The zero-order valence-corrected chi connectivity index (χ0v) is 34.0. The van der Waals surface area contributed by atoms with Gasteiger partial charge >= 0.3 is 0 Å². The van der Waals surface area contributed by atoms with Gasteiger partial charge in [-0.25, -0.2) is 4.98 Å². The molecule has 0 aromatic carbocycles. The quantitative estimate of drug-likeness (QED) is 0.0757. The maximum absolute atomic E-state index is 11.6. The predicted molar refractivity (Wildman–Crippen MR) is 200 cm³/mol. The van der Waals surface area contributed by atoms with Gasteiger partial charge in [0.2, 0.25) is 17.7 Å². The molecule has 1 fully saturated rings. The van der Waals surface area contributed by atoms with Gasteiger partial charge in [-0.05, 0) is 60.5 Å². The molecule has 2 aromatic heterocycles. The van der Waals surface area contributed by atoms with Crippen LogP contribution in [0.25, 0.3) is 11.2 Å². The molecule has 3 heterocycles. The van der Waals surface area contributed by atoms with Crippen molar-refractivity contribution in [1.82, 2.24) is 24.8 Å². The van der Waals surface area contributed by atoms with E-state index in [0.29, 0.717) is 17.8 Å². The van der Waals surface area contributed by atoms with Gasteiger partial charge in [0.25, 0.3) is 0 Å². The molecule has 0 bridgehead atoms. The molecule has 3 rings (SSSR count). The molecule has 0 aliphatic carbocycles. The van der Waals surface area contributed by atoms with Crippen LogP contribution in [-0.2, 0) is 22.8 Å². The van der Waals surface area contributed by atoms with E-state index in [-0.39, 0.29) is 43.1 Å². The summed E-state index contributed by atoms with van der Waals surface area (Å²) in [6.45, 7) is 24.6. The third kappa shape index (κ3) is 8.95. The number of nitrogens with zero attached hydrogens (tertiary/aromatic N) is 4. The van der Waals surface area contributed by atoms with Crippen LogP contribution in [0.1, 0.15) is 68.5 Å². The maximum atomic E-state index is 11.6. The fraction of sp³-hybridized carbons (Fsp3) is 0.758. The first kappa shape index (κ1) is 40.3. The lowest BCUT2D eigenvalue weighted by Gasteiger charge is -2.40. The lowest BCUT2D eigenvalue weighted by molar-refractivity contribution is -0.116. The number of nitrogens with one attached hydrogen (secondary N) is 1. The minimum atomic E-state index is -2.15. The van der Waals surface area contributed by atoms with Gasteiger partial charge in [0.15, 0.2) is 42.3 Å². The highest BCUT2D eigenvalue weighted by atomic mass is 28.4. The van der Waals surface area contributed by atoms with Crippen LogP contribution in [0.15, 0.2) is 19.0 Å². The van der Waals surface area contributed by atoms with Crippen molar-refractivity contribution in [3.63, 3.8) is 0 Å². The van der Waals surface area contributed by atoms with Crippen molar-refractivity contribution in [3.05, 3.63) is 19.0 Å². The number of nitrogen functional groups attached to an aromatic ring is 1. The Morgan fingerprint density at radius 1 is 0.896 bits per heavy atom. The molecule has 1 aliphatic rings. The molecular weight excluding hydrogens is 661 g/mol. The molecule has 3 N–H and O–H groups in total. The van der Waals surface area contributed by atoms with Crippen molar-refractivity contribution in [2.75, 3.05) is 25.5 Å². The lowest BCUT2D eigenvalue weighted by atomic mass is 10.1. The van der Waals surface area contributed by atoms with Gasteiger partial charge in [0.05, 0.1) is 19.5 Å². The largest absolute Gasteiger partial charge is 0.474 e. The van der Waals surface area contributed by atoms with Crippen LogP contribution in [0.5, 0.6) is 5.88 Å². The molecule has 272 valence electrons. The monoisotopic (exact) mass is 722 g/mol. The lowest BCUT2D eigenvalue weighted by Crippen LogP contribution is -2.52. The summed E-state index contributed by atoms with van der Waals surface area (Å²) in [6, 6.07) is 9.19. The van der Waals surface area contributed by atoms with Crippen molar-refractivity contribution in [1.29, 1.82) is 0 Å². The number of anilines is 1. The van der Waals surface area contributed by atoms with E-state index in [0.717, 1.165) is 54.4 Å². The molecule has 12 nitrogen and oxygen atoms in total. The molecule has 48 heavy (non-hydrogen) atoms. The van der Waals surface area contributed by atoms with E-state index < -0.39 is 37.3 Å². The Balaban J connectivity index is 2.14. The SMILES string of the molecule is C=CC(=O)NCCOc1nc(N)nc2c1ncn2[C@@H]1O[C@H](CO[Si](CC)(CC)CC)[C@@H](O[Si](CC)(CC)CC)[C@H]1O[Si](CC)(CC)CC. The van der Waals surface area contributed by atoms with Crippen molar-refractivity contribution in [2.24, 2.45) is 0 Å². The number of ether oxygens (including phenoxy) is 2. The third-order valence-corrected chi connectivity index (χ3v) is 24.8. The zero-order chi connectivity index (χ0) is 35.5. The van der Waals surface area contributed by atoms with Crippen LogP contribution in [0, 0.1) is 0 Å². The van der Waals surface area contributed by atoms with Crippen LogP contribution >= 0.6 is 0 Å². The Kier molecular flexibility index (Phi) is 15.3.